The molecule has 3 fully saturated rings. The summed E-state index contributed by atoms with van der Waals surface area (Å²) in [5.74, 6) is 1.14. The van der Waals surface area contributed by atoms with E-state index in [0.717, 1.165) is 25.9 Å². The third-order valence-corrected chi connectivity index (χ3v) is 5.92. The standard InChI is InChI=1S/C20H26N2O2/c1-15-3-2-4-17(11-15)13-21-9-7-20(19(21)24)8-10-22(14-20)18(23)12-16-5-6-16/h2-4,11,16H,5-10,12-14H2,1H3. The first-order chi connectivity index (χ1) is 11.6. The zero-order valence-electron chi connectivity index (χ0n) is 14.5. The van der Waals surface area contributed by atoms with Crippen molar-refractivity contribution in [2.45, 2.75) is 45.6 Å². The van der Waals surface area contributed by atoms with Gasteiger partial charge in [0.25, 0.3) is 0 Å². The zero-order valence-corrected chi connectivity index (χ0v) is 14.5. The summed E-state index contributed by atoms with van der Waals surface area (Å²) in [6.07, 6.45) is 4.83. The van der Waals surface area contributed by atoms with Gasteiger partial charge in [-0.25, -0.2) is 0 Å². The fourth-order valence-corrected chi connectivity index (χ4v) is 4.24. The number of hydrogen-bond acceptors (Lipinski definition) is 2. The highest BCUT2D eigenvalue weighted by atomic mass is 16.2. The van der Waals surface area contributed by atoms with E-state index < -0.39 is 0 Å². The number of rotatable bonds is 4. The molecule has 1 saturated carbocycles. The van der Waals surface area contributed by atoms with E-state index >= 15 is 0 Å². The molecule has 0 aromatic heterocycles. The van der Waals surface area contributed by atoms with Gasteiger partial charge in [0, 0.05) is 32.6 Å². The van der Waals surface area contributed by atoms with Crippen molar-refractivity contribution in [3.8, 4) is 0 Å². The molecule has 1 unspecified atom stereocenters. The Morgan fingerprint density at radius 3 is 2.79 bits per heavy atom. The summed E-state index contributed by atoms with van der Waals surface area (Å²) in [4.78, 5) is 29.3. The molecule has 4 nitrogen and oxygen atoms in total. The van der Waals surface area contributed by atoms with Gasteiger partial charge in [0.1, 0.15) is 0 Å². The van der Waals surface area contributed by atoms with Crippen LogP contribution in [0.25, 0.3) is 0 Å². The van der Waals surface area contributed by atoms with E-state index in [1.165, 1.54) is 24.0 Å². The highest BCUT2D eigenvalue weighted by molar-refractivity contribution is 5.87. The predicted molar refractivity (Wildman–Crippen MR) is 92.2 cm³/mol. The number of nitrogens with zero attached hydrogens (tertiary/aromatic N) is 2. The molecule has 2 heterocycles. The van der Waals surface area contributed by atoms with Crippen molar-refractivity contribution in [1.82, 2.24) is 9.80 Å². The van der Waals surface area contributed by atoms with Gasteiger partial charge in [0.15, 0.2) is 0 Å². The molecule has 1 aromatic carbocycles. The first-order valence-corrected chi connectivity index (χ1v) is 9.18. The lowest BCUT2D eigenvalue weighted by Crippen LogP contribution is -2.38. The maximum Gasteiger partial charge on any atom is 0.231 e. The molecule has 4 rings (SSSR count). The van der Waals surface area contributed by atoms with Gasteiger partial charge in [0.05, 0.1) is 5.41 Å². The summed E-state index contributed by atoms with van der Waals surface area (Å²) in [7, 11) is 0. The van der Waals surface area contributed by atoms with Gasteiger partial charge < -0.3 is 9.80 Å². The Labute approximate surface area is 143 Å². The van der Waals surface area contributed by atoms with Gasteiger partial charge in [-0.3, -0.25) is 9.59 Å². The van der Waals surface area contributed by atoms with Gasteiger partial charge >= 0.3 is 0 Å². The van der Waals surface area contributed by atoms with E-state index in [9.17, 15) is 9.59 Å². The van der Waals surface area contributed by atoms with Crippen molar-refractivity contribution in [2.75, 3.05) is 19.6 Å². The molecule has 24 heavy (non-hydrogen) atoms. The number of carbonyl (C=O) groups excluding carboxylic acids is 2. The third kappa shape index (κ3) is 2.94. The van der Waals surface area contributed by atoms with Gasteiger partial charge in [-0.05, 0) is 44.1 Å². The molecule has 2 aliphatic heterocycles. The van der Waals surface area contributed by atoms with Crippen LogP contribution >= 0.6 is 0 Å². The second-order valence-corrected chi connectivity index (χ2v) is 7.96. The SMILES string of the molecule is Cc1cccc(CN2CCC3(CCN(C(=O)CC4CC4)C3)C2=O)c1. The van der Waals surface area contributed by atoms with E-state index in [1.807, 2.05) is 9.80 Å². The van der Waals surface area contributed by atoms with Crippen molar-refractivity contribution in [1.29, 1.82) is 0 Å². The molecule has 1 spiro atoms. The van der Waals surface area contributed by atoms with E-state index in [0.29, 0.717) is 25.4 Å². The van der Waals surface area contributed by atoms with Gasteiger partial charge in [-0.2, -0.15) is 0 Å². The van der Waals surface area contributed by atoms with Crippen LogP contribution in [0.3, 0.4) is 0 Å². The van der Waals surface area contributed by atoms with Crippen molar-refractivity contribution >= 4 is 11.8 Å². The normalized spacial score (nSPS) is 26.6. The average molecular weight is 326 g/mol. The summed E-state index contributed by atoms with van der Waals surface area (Å²) < 4.78 is 0. The lowest BCUT2D eigenvalue weighted by atomic mass is 9.85. The van der Waals surface area contributed by atoms with Crippen LogP contribution in [0.5, 0.6) is 0 Å². The Bertz CT molecular complexity index is 667. The molecule has 0 radical (unpaired) electrons. The van der Waals surface area contributed by atoms with Crippen molar-refractivity contribution < 1.29 is 9.59 Å². The average Bonchev–Trinajstić information content (AvgIpc) is 3.18. The summed E-state index contributed by atoms with van der Waals surface area (Å²) in [6, 6.07) is 8.37. The summed E-state index contributed by atoms with van der Waals surface area (Å²) in [5, 5.41) is 0. The predicted octanol–water partition coefficient (Wildman–Crippen LogP) is 2.75. The van der Waals surface area contributed by atoms with Crippen LogP contribution in [0.2, 0.25) is 0 Å². The molecule has 1 aromatic rings. The minimum absolute atomic E-state index is 0.255. The first-order valence-electron chi connectivity index (χ1n) is 9.18. The fraction of sp³-hybridized carbons (Fsp3) is 0.600. The second-order valence-electron chi connectivity index (χ2n) is 7.96. The van der Waals surface area contributed by atoms with Crippen molar-refractivity contribution in [3.63, 3.8) is 0 Å². The monoisotopic (exact) mass is 326 g/mol. The summed E-state index contributed by atoms with van der Waals surface area (Å²) in [6.45, 7) is 4.99. The van der Waals surface area contributed by atoms with Crippen LogP contribution in [0.4, 0.5) is 0 Å². The Morgan fingerprint density at radius 2 is 2.04 bits per heavy atom. The molecule has 2 amide bonds. The largest absolute Gasteiger partial charge is 0.342 e. The van der Waals surface area contributed by atoms with Crippen LogP contribution in [-0.4, -0.2) is 41.2 Å². The number of carbonyl (C=O) groups is 2. The number of likely N-dealkylation sites (tertiary alicyclic amines) is 2. The lowest BCUT2D eigenvalue weighted by molar-refractivity contribution is -0.137. The Kier molecular flexibility index (Phi) is 3.86. The molecule has 1 aliphatic carbocycles. The van der Waals surface area contributed by atoms with Crippen LogP contribution in [-0.2, 0) is 16.1 Å². The number of benzene rings is 1. The molecular formula is C20H26N2O2. The smallest absolute Gasteiger partial charge is 0.231 e. The second kappa shape index (κ2) is 5.91. The van der Waals surface area contributed by atoms with Crippen molar-refractivity contribution in [2.24, 2.45) is 11.3 Å². The highest BCUT2D eigenvalue weighted by Crippen LogP contribution is 2.42. The number of amides is 2. The van der Waals surface area contributed by atoms with Crippen LogP contribution < -0.4 is 0 Å². The molecule has 1 atom stereocenters. The maximum absolute atomic E-state index is 13.0. The number of hydrogen-bond donors (Lipinski definition) is 0. The Balaban J connectivity index is 1.40. The molecular weight excluding hydrogens is 300 g/mol. The van der Waals surface area contributed by atoms with Crippen LogP contribution in [0.1, 0.15) is 43.2 Å². The van der Waals surface area contributed by atoms with Crippen LogP contribution in [0.15, 0.2) is 24.3 Å². The molecule has 4 heteroatoms. The van der Waals surface area contributed by atoms with E-state index in [1.54, 1.807) is 0 Å². The minimum Gasteiger partial charge on any atom is -0.342 e. The molecule has 128 valence electrons. The highest BCUT2D eigenvalue weighted by Gasteiger charge is 2.51. The number of aryl methyl sites for hydroxylation is 1. The Morgan fingerprint density at radius 1 is 1.25 bits per heavy atom. The van der Waals surface area contributed by atoms with Crippen LogP contribution in [0, 0.1) is 18.3 Å². The lowest BCUT2D eigenvalue weighted by Gasteiger charge is -2.24. The molecule has 3 aliphatic rings. The topological polar surface area (TPSA) is 40.6 Å². The molecule has 2 saturated heterocycles. The van der Waals surface area contributed by atoms with E-state index in [4.69, 9.17) is 0 Å². The van der Waals surface area contributed by atoms with Gasteiger partial charge in [0.2, 0.25) is 11.8 Å². The third-order valence-electron chi connectivity index (χ3n) is 5.92. The quantitative estimate of drug-likeness (QED) is 0.853. The molecule has 0 bridgehead atoms. The van der Waals surface area contributed by atoms with E-state index in [2.05, 4.69) is 31.2 Å². The summed E-state index contributed by atoms with van der Waals surface area (Å²) in [5.41, 5.74) is 2.12. The maximum atomic E-state index is 13.0. The minimum atomic E-state index is -0.303. The first kappa shape index (κ1) is 15.7. The van der Waals surface area contributed by atoms with Crippen molar-refractivity contribution in [3.05, 3.63) is 35.4 Å². The Hall–Kier alpha value is -1.84. The van der Waals surface area contributed by atoms with Gasteiger partial charge in [-0.1, -0.05) is 29.8 Å². The zero-order chi connectivity index (χ0) is 16.7. The van der Waals surface area contributed by atoms with Gasteiger partial charge in [-0.15, -0.1) is 0 Å². The summed E-state index contributed by atoms with van der Waals surface area (Å²) >= 11 is 0. The van der Waals surface area contributed by atoms with E-state index in [-0.39, 0.29) is 17.2 Å². The fourth-order valence-electron chi connectivity index (χ4n) is 4.24. The molecule has 0 N–H and O–H groups in total.